The maximum absolute atomic E-state index is 11.2. The molecule has 0 aromatic carbocycles. The minimum Gasteiger partial charge on any atom is -0.631 e. The third-order valence-corrected chi connectivity index (χ3v) is 2.14. The van der Waals surface area contributed by atoms with Crippen LogP contribution in [-0.4, -0.2) is 22.7 Å². The molecule has 0 aromatic heterocycles. The molecule has 0 rings (SSSR count). The highest BCUT2D eigenvalue weighted by Gasteiger charge is 2.19. The van der Waals surface area contributed by atoms with Gasteiger partial charge in [0, 0.05) is 0 Å². The molecular formula is C5H11Cl2NO. The van der Waals surface area contributed by atoms with E-state index in [-0.39, 0.29) is 0 Å². The lowest BCUT2D eigenvalue weighted by molar-refractivity contribution is -0.876. The topological polar surface area (TPSA) is 23.1 Å². The lowest BCUT2D eigenvalue weighted by atomic mass is 10.5. The van der Waals surface area contributed by atoms with Crippen molar-refractivity contribution in [1.82, 2.24) is 0 Å². The van der Waals surface area contributed by atoms with Crippen molar-refractivity contribution in [3.05, 3.63) is 5.21 Å². The van der Waals surface area contributed by atoms with Crippen LogP contribution in [0.2, 0.25) is 0 Å². The summed E-state index contributed by atoms with van der Waals surface area (Å²) in [5.41, 5.74) is 0. The molecule has 0 amide bonds. The number of alkyl halides is 2. The van der Waals surface area contributed by atoms with E-state index >= 15 is 0 Å². The van der Waals surface area contributed by atoms with Crippen molar-refractivity contribution in [2.45, 2.75) is 18.8 Å². The Morgan fingerprint density at radius 3 is 1.67 bits per heavy atom. The molecule has 0 aliphatic heterocycles. The van der Waals surface area contributed by atoms with Gasteiger partial charge in [-0.2, -0.15) is 0 Å². The fourth-order valence-corrected chi connectivity index (χ4v) is 1.05. The largest absolute Gasteiger partial charge is 0.631 e. The molecule has 0 saturated carbocycles. The van der Waals surface area contributed by atoms with Gasteiger partial charge in [0.15, 0.2) is 0 Å². The van der Waals surface area contributed by atoms with Crippen LogP contribution in [0.5, 0.6) is 0 Å². The van der Waals surface area contributed by atoms with Gasteiger partial charge in [-0.05, 0) is 37.0 Å². The van der Waals surface area contributed by atoms with E-state index in [4.69, 9.17) is 23.2 Å². The summed E-state index contributed by atoms with van der Waals surface area (Å²) in [6.07, 6.45) is 0. The number of halogens is 2. The van der Waals surface area contributed by atoms with Crippen LogP contribution in [0.3, 0.4) is 0 Å². The zero-order valence-corrected chi connectivity index (χ0v) is 7.11. The van der Waals surface area contributed by atoms with E-state index in [2.05, 4.69) is 0 Å². The quantitative estimate of drug-likeness (QED) is 0.276. The van der Waals surface area contributed by atoms with Crippen LogP contribution in [0.15, 0.2) is 0 Å². The van der Waals surface area contributed by atoms with Crippen molar-refractivity contribution in [2.75, 3.05) is 13.1 Å². The number of hydroxylamine groups is 3. The number of rotatable bonds is 3. The number of hydrogen-bond acceptors (Lipinski definition) is 1. The van der Waals surface area contributed by atoms with Gasteiger partial charge in [-0.3, -0.25) is 0 Å². The average molecular weight is 172 g/mol. The zero-order valence-electron chi connectivity index (χ0n) is 5.60. The molecule has 0 radical (unpaired) electrons. The molecule has 0 heterocycles. The Labute approximate surface area is 65.5 Å². The highest BCUT2D eigenvalue weighted by molar-refractivity contribution is 6.43. The minimum absolute atomic E-state index is 0.425. The third-order valence-electron chi connectivity index (χ3n) is 1.43. The number of hydrogen-bond donors (Lipinski definition) is 0. The molecule has 0 fully saturated rings. The van der Waals surface area contributed by atoms with Gasteiger partial charge in [-0.15, -0.1) is 0 Å². The molecule has 0 aliphatic rings. The number of quaternary nitrogens is 1. The molecule has 0 N–H and O–H groups in total. The molecule has 9 heavy (non-hydrogen) atoms. The van der Waals surface area contributed by atoms with Crippen LogP contribution in [0.25, 0.3) is 0 Å². The van der Waals surface area contributed by atoms with Crippen LogP contribution in [0, 0.1) is 5.21 Å². The summed E-state index contributed by atoms with van der Waals surface area (Å²) in [6, 6.07) is 0. The van der Waals surface area contributed by atoms with Crippen LogP contribution in [0.1, 0.15) is 13.8 Å². The summed E-state index contributed by atoms with van der Waals surface area (Å²) in [5.74, 6) is 0. The van der Waals surface area contributed by atoms with Gasteiger partial charge in [0.1, 0.15) is 0 Å². The van der Waals surface area contributed by atoms with Gasteiger partial charge in [-0.1, -0.05) is 0 Å². The van der Waals surface area contributed by atoms with Crippen molar-refractivity contribution >= 4 is 23.2 Å². The van der Waals surface area contributed by atoms with E-state index in [1.54, 1.807) is 13.8 Å². The Hall–Kier alpha value is 0.500. The van der Waals surface area contributed by atoms with Crippen LogP contribution in [-0.2, 0) is 0 Å². The molecule has 2 nitrogen and oxygen atoms in total. The monoisotopic (exact) mass is 171 g/mol. The Balaban J connectivity index is 3.92. The molecule has 0 bridgehead atoms. The molecule has 0 aliphatic carbocycles. The van der Waals surface area contributed by atoms with Crippen molar-refractivity contribution in [3.8, 4) is 0 Å². The first-order valence-corrected chi connectivity index (χ1v) is 3.80. The average Bonchev–Trinajstić information content (AvgIpc) is 1.86. The maximum Gasteiger partial charge on any atom is 0.241 e. The molecule has 4 heteroatoms. The SMILES string of the molecule is CC[N+]([O-])(CC)C(Cl)Cl. The van der Waals surface area contributed by atoms with Gasteiger partial charge in [-0.25, -0.2) is 0 Å². The van der Waals surface area contributed by atoms with Crippen LogP contribution < -0.4 is 0 Å². The second-order valence-electron chi connectivity index (χ2n) is 1.86. The van der Waals surface area contributed by atoms with Gasteiger partial charge in [0.25, 0.3) is 0 Å². The Morgan fingerprint density at radius 2 is 1.67 bits per heavy atom. The van der Waals surface area contributed by atoms with E-state index < -0.39 is 9.61 Å². The van der Waals surface area contributed by atoms with Crippen molar-refractivity contribution in [1.29, 1.82) is 0 Å². The summed E-state index contributed by atoms with van der Waals surface area (Å²) in [6.45, 7) is 4.39. The van der Waals surface area contributed by atoms with Crippen LogP contribution >= 0.6 is 23.2 Å². The van der Waals surface area contributed by atoms with Gasteiger partial charge >= 0.3 is 0 Å². The zero-order chi connectivity index (χ0) is 7.49. The van der Waals surface area contributed by atoms with Crippen molar-refractivity contribution in [3.63, 3.8) is 0 Å². The first kappa shape index (κ1) is 9.50. The van der Waals surface area contributed by atoms with E-state index in [9.17, 15) is 5.21 Å². The van der Waals surface area contributed by atoms with E-state index in [0.29, 0.717) is 13.1 Å². The minimum atomic E-state index is -0.847. The molecule has 0 spiro atoms. The summed E-state index contributed by atoms with van der Waals surface area (Å²) in [5, 5.41) is 11.2. The first-order valence-electron chi connectivity index (χ1n) is 2.92. The predicted octanol–water partition coefficient (Wildman–Crippen LogP) is 2.10. The summed E-state index contributed by atoms with van der Waals surface area (Å²) < 4.78 is -0.525. The van der Waals surface area contributed by atoms with E-state index in [0.717, 1.165) is 0 Å². The number of nitrogens with zero attached hydrogens (tertiary/aromatic N) is 1. The lowest BCUT2D eigenvalue weighted by Crippen LogP contribution is -2.44. The van der Waals surface area contributed by atoms with Gasteiger partial charge < -0.3 is 9.85 Å². The molecule has 0 saturated heterocycles. The Kier molecular flexibility index (Phi) is 3.82. The van der Waals surface area contributed by atoms with E-state index in [1.807, 2.05) is 0 Å². The van der Waals surface area contributed by atoms with Crippen LogP contribution in [0.4, 0.5) is 0 Å². The maximum atomic E-state index is 11.2. The van der Waals surface area contributed by atoms with Crippen molar-refractivity contribution in [2.24, 2.45) is 0 Å². The smallest absolute Gasteiger partial charge is 0.241 e. The Morgan fingerprint density at radius 1 is 1.33 bits per heavy atom. The second-order valence-corrected chi connectivity index (χ2v) is 2.91. The van der Waals surface area contributed by atoms with Crippen molar-refractivity contribution < 1.29 is 4.65 Å². The molecular weight excluding hydrogens is 161 g/mol. The Bertz CT molecular complexity index is 83.0. The van der Waals surface area contributed by atoms with Gasteiger partial charge in [0.05, 0.1) is 13.1 Å². The fraction of sp³-hybridized carbons (Fsp3) is 1.00. The summed E-state index contributed by atoms with van der Waals surface area (Å²) >= 11 is 10.8. The highest BCUT2D eigenvalue weighted by atomic mass is 35.5. The molecule has 0 aromatic rings. The second kappa shape index (κ2) is 3.62. The van der Waals surface area contributed by atoms with Gasteiger partial charge in [0.2, 0.25) is 4.96 Å². The lowest BCUT2D eigenvalue weighted by Gasteiger charge is -2.41. The third kappa shape index (κ3) is 2.30. The fourth-order valence-electron chi connectivity index (χ4n) is 0.500. The molecule has 56 valence electrons. The standard InChI is InChI=1S/C5H11Cl2NO/c1-3-8(9,4-2)5(6)7/h5H,3-4H2,1-2H3. The molecule has 0 atom stereocenters. The predicted molar refractivity (Wildman–Crippen MR) is 40.2 cm³/mol. The van der Waals surface area contributed by atoms with E-state index in [1.165, 1.54) is 0 Å². The summed E-state index contributed by atoms with van der Waals surface area (Å²) in [7, 11) is 0. The normalized spacial score (nSPS) is 12.7. The summed E-state index contributed by atoms with van der Waals surface area (Å²) in [4.78, 5) is -0.847. The highest BCUT2D eigenvalue weighted by Crippen LogP contribution is 2.17. The first-order chi connectivity index (χ1) is 4.06. The molecule has 0 unspecified atom stereocenters.